The van der Waals surface area contributed by atoms with Gasteiger partial charge in [0, 0.05) is 26.2 Å². The van der Waals surface area contributed by atoms with Crippen molar-refractivity contribution < 1.29 is 17.9 Å². The molecule has 7 heteroatoms. The molecule has 1 heterocycles. The van der Waals surface area contributed by atoms with Gasteiger partial charge in [-0.05, 0) is 41.7 Å². The molecule has 1 atom stereocenters. The number of nitrogens with zero attached hydrogens (tertiary/aromatic N) is 2. The van der Waals surface area contributed by atoms with E-state index >= 15 is 0 Å². The van der Waals surface area contributed by atoms with E-state index in [4.69, 9.17) is 4.74 Å². The molecule has 1 saturated heterocycles. The fourth-order valence-electron chi connectivity index (χ4n) is 3.60. The van der Waals surface area contributed by atoms with E-state index in [1.165, 1.54) is 9.87 Å². The van der Waals surface area contributed by atoms with E-state index in [0.29, 0.717) is 25.3 Å². The van der Waals surface area contributed by atoms with Gasteiger partial charge in [0.1, 0.15) is 5.75 Å². The molecule has 2 aromatic rings. The number of amides is 1. The first-order valence-corrected chi connectivity index (χ1v) is 12.2. The molecule has 0 aliphatic carbocycles. The Morgan fingerprint density at radius 2 is 1.55 bits per heavy atom. The van der Waals surface area contributed by atoms with Crippen LogP contribution < -0.4 is 4.74 Å². The molecule has 31 heavy (non-hydrogen) atoms. The molecular formula is C24H32N2O4S. The maximum Gasteiger partial charge on any atom is 0.263 e. The van der Waals surface area contributed by atoms with Crippen LogP contribution >= 0.6 is 0 Å². The zero-order valence-corrected chi connectivity index (χ0v) is 19.6. The summed E-state index contributed by atoms with van der Waals surface area (Å²) >= 11 is 0. The molecule has 168 valence electrons. The molecule has 0 N–H and O–H groups in total. The molecule has 1 aliphatic rings. The number of piperazine rings is 1. The summed E-state index contributed by atoms with van der Waals surface area (Å²) in [6, 6.07) is 16.3. The summed E-state index contributed by atoms with van der Waals surface area (Å²) in [6.07, 6.45) is -0.0414. The van der Waals surface area contributed by atoms with E-state index in [-0.39, 0.29) is 29.3 Å². The SMILES string of the molecule is CCC(Oc1ccc(C(C)(C)C)cc1)C(=O)N1CCN(S(=O)(=O)c2ccccc2)CC1. The average molecular weight is 445 g/mol. The second kappa shape index (κ2) is 9.40. The summed E-state index contributed by atoms with van der Waals surface area (Å²) in [7, 11) is -3.54. The molecule has 0 spiro atoms. The highest BCUT2D eigenvalue weighted by molar-refractivity contribution is 7.89. The van der Waals surface area contributed by atoms with Crippen LogP contribution in [0.4, 0.5) is 0 Å². The molecule has 0 saturated carbocycles. The molecule has 1 fully saturated rings. The number of sulfonamides is 1. The molecule has 2 aromatic carbocycles. The Kier molecular flexibility index (Phi) is 7.06. The number of hydrogen-bond donors (Lipinski definition) is 0. The second-order valence-corrected chi connectivity index (χ2v) is 10.8. The molecule has 6 nitrogen and oxygen atoms in total. The van der Waals surface area contributed by atoms with Gasteiger partial charge in [0.15, 0.2) is 6.10 Å². The van der Waals surface area contributed by atoms with E-state index in [0.717, 1.165) is 0 Å². The lowest BCUT2D eigenvalue weighted by molar-refractivity contribution is -0.140. The zero-order valence-electron chi connectivity index (χ0n) is 18.7. The monoisotopic (exact) mass is 444 g/mol. The van der Waals surface area contributed by atoms with E-state index in [9.17, 15) is 13.2 Å². The first kappa shape index (κ1) is 23.3. The van der Waals surface area contributed by atoms with Gasteiger partial charge in [0.25, 0.3) is 5.91 Å². The summed E-state index contributed by atoms with van der Waals surface area (Å²) in [6.45, 7) is 9.64. The number of ether oxygens (including phenoxy) is 1. The third-order valence-corrected chi connectivity index (χ3v) is 7.49. The Labute approximate surface area is 185 Å². The lowest BCUT2D eigenvalue weighted by atomic mass is 9.87. The van der Waals surface area contributed by atoms with Crippen LogP contribution in [0, 0.1) is 0 Å². The Hall–Kier alpha value is -2.38. The molecule has 1 unspecified atom stereocenters. The van der Waals surface area contributed by atoms with Crippen LogP contribution in [0.2, 0.25) is 0 Å². The van der Waals surface area contributed by atoms with E-state index in [1.807, 2.05) is 31.2 Å². The third-order valence-electron chi connectivity index (χ3n) is 5.58. The highest BCUT2D eigenvalue weighted by Crippen LogP contribution is 2.25. The predicted octanol–water partition coefficient (Wildman–Crippen LogP) is 3.67. The summed E-state index contributed by atoms with van der Waals surface area (Å²) < 4.78 is 33.0. The van der Waals surface area contributed by atoms with Gasteiger partial charge in [-0.15, -0.1) is 0 Å². The van der Waals surface area contributed by atoms with Crippen molar-refractivity contribution in [2.75, 3.05) is 26.2 Å². The number of hydrogen-bond acceptors (Lipinski definition) is 4. The van der Waals surface area contributed by atoms with Crippen LogP contribution in [0.5, 0.6) is 5.75 Å². The normalized spacial score (nSPS) is 16.7. The molecule has 0 radical (unpaired) electrons. The average Bonchev–Trinajstić information content (AvgIpc) is 2.77. The molecule has 0 aromatic heterocycles. The first-order valence-electron chi connectivity index (χ1n) is 10.7. The Bertz CT molecular complexity index is 974. The third kappa shape index (κ3) is 5.46. The molecule has 3 rings (SSSR count). The van der Waals surface area contributed by atoms with Gasteiger partial charge in [-0.3, -0.25) is 4.79 Å². The highest BCUT2D eigenvalue weighted by atomic mass is 32.2. The van der Waals surface area contributed by atoms with Gasteiger partial charge in [0.05, 0.1) is 4.90 Å². The van der Waals surface area contributed by atoms with Crippen LogP contribution in [0.15, 0.2) is 59.5 Å². The van der Waals surface area contributed by atoms with Crippen molar-refractivity contribution in [1.82, 2.24) is 9.21 Å². The predicted molar refractivity (Wildman–Crippen MR) is 122 cm³/mol. The van der Waals surface area contributed by atoms with Crippen molar-refractivity contribution in [3.05, 3.63) is 60.2 Å². The smallest absolute Gasteiger partial charge is 0.263 e. The van der Waals surface area contributed by atoms with Gasteiger partial charge in [-0.2, -0.15) is 4.31 Å². The Balaban J connectivity index is 1.61. The zero-order chi connectivity index (χ0) is 22.6. The first-order chi connectivity index (χ1) is 14.6. The minimum absolute atomic E-state index is 0.0538. The minimum atomic E-state index is -3.54. The summed E-state index contributed by atoms with van der Waals surface area (Å²) in [5.74, 6) is 0.567. The van der Waals surface area contributed by atoms with E-state index in [1.54, 1.807) is 35.2 Å². The topological polar surface area (TPSA) is 66.9 Å². The number of benzene rings is 2. The maximum absolute atomic E-state index is 13.0. The van der Waals surface area contributed by atoms with Crippen LogP contribution in [0.25, 0.3) is 0 Å². The van der Waals surface area contributed by atoms with Gasteiger partial charge < -0.3 is 9.64 Å². The standard InChI is InChI=1S/C24H32N2O4S/c1-5-22(30-20-13-11-19(12-14-20)24(2,3)4)23(27)25-15-17-26(18-16-25)31(28,29)21-9-7-6-8-10-21/h6-14,22H,5,15-18H2,1-4H3. The second-order valence-electron chi connectivity index (χ2n) is 8.83. The van der Waals surface area contributed by atoms with E-state index in [2.05, 4.69) is 20.8 Å². The fourth-order valence-corrected chi connectivity index (χ4v) is 5.04. The van der Waals surface area contributed by atoms with Crippen LogP contribution in [-0.2, 0) is 20.2 Å². The number of carbonyl (C=O) groups is 1. The number of rotatable bonds is 6. The lowest BCUT2D eigenvalue weighted by Crippen LogP contribution is -2.53. The fraction of sp³-hybridized carbons (Fsp3) is 0.458. The van der Waals surface area contributed by atoms with Crippen molar-refractivity contribution in [3.8, 4) is 5.75 Å². The maximum atomic E-state index is 13.0. The van der Waals surface area contributed by atoms with Crippen molar-refractivity contribution in [2.24, 2.45) is 0 Å². The molecule has 0 bridgehead atoms. The highest BCUT2D eigenvalue weighted by Gasteiger charge is 2.32. The largest absolute Gasteiger partial charge is 0.481 e. The van der Waals surface area contributed by atoms with Crippen LogP contribution in [0.3, 0.4) is 0 Å². The van der Waals surface area contributed by atoms with Crippen molar-refractivity contribution in [3.63, 3.8) is 0 Å². The van der Waals surface area contributed by atoms with Crippen LogP contribution in [-0.4, -0.2) is 55.8 Å². The van der Waals surface area contributed by atoms with Gasteiger partial charge in [0.2, 0.25) is 10.0 Å². The quantitative estimate of drug-likeness (QED) is 0.682. The van der Waals surface area contributed by atoms with Crippen LogP contribution in [0.1, 0.15) is 39.7 Å². The van der Waals surface area contributed by atoms with E-state index < -0.39 is 16.1 Å². The van der Waals surface area contributed by atoms with Crippen molar-refractivity contribution in [1.29, 1.82) is 0 Å². The van der Waals surface area contributed by atoms with Crippen molar-refractivity contribution in [2.45, 2.75) is 50.5 Å². The lowest BCUT2D eigenvalue weighted by Gasteiger charge is -2.35. The molecular weight excluding hydrogens is 412 g/mol. The van der Waals surface area contributed by atoms with Gasteiger partial charge in [-0.1, -0.05) is 58.0 Å². The molecule has 1 amide bonds. The number of carbonyl (C=O) groups excluding carboxylic acids is 1. The van der Waals surface area contributed by atoms with Gasteiger partial charge >= 0.3 is 0 Å². The Morgan fingerprint density at radius 3 is 2.06 bits per heavy atom. The Morgan fingerprint density at radius 1 is 0.968 bits per heavy atom. The summed E-state index contributed by atoms with van der Waals surface area (Å²) in [4.78, 5) is 15.0. The van der Waals surface area contributed by atoms with Crippen molar-refractivity contribution >= 4 is 15.9 Å². The molecule has 1 aliphatic heterocycles. The summed E-state index contributed by atoms with van der Waals surface area (Å²) in [5.41, 5.74) is 1.26. The minimum Gasteiger partial charge on any atom is -0.481 e. The van der Waals surface area contributed by atoms with Gasteiger partial charge in [-0.25, -0.2) is 8.42 Å². The summed E-state index contributed by atoms with van der Waals surface area (Å²) in [5, 5.41) is 0.